The third-order valence-corrected chi connectivity index (χ3v) is 6.68. The van der Waals surface area contributed by atoms with Crippen LogP contribution >= 0.6 is 0 Å². The summed E-state index contributed by atoms with van der Waals surface area (Å²) in [7, 11) is 1.68. The molecule has 4 rings (SSSR count). The van der Waals surface area contributed by atoms with Crippen molar-refractivity contribution in [2.75, 3.05) is 19.0 Å². The number of nitrogens with zero attached hydrogens (tertiary/aromatic N) is 3. The second kappa shape index (κ2) is 10.1. The van der Waals surface area contributed by atoms with Crippen LogP contribution < -0.4 is 16.0 Å². The summed E-state index contributed by atoms with van der Waals surface area (Å²) in [6.45, 7) is 5.93. The van der Waals surface area contributed by atoms with Crippen molar-refractivity contribution >= 4 is 23.4 Å². The van der Waals surface area contributed by atoms with Gasteiger partial charge in [-0.3, -0.25) is 14.4 Å². The normalized spacial score (nSPS) is 24.3. The van der Waals surface area contributed by atoms with E-state index in [2.05, 4.69) is 25.9 Å². The highest BCUT2D eigenvalue weighted by Crippen LogP contribution is 2.43. The number of hydrogen-bond acceptors (Lipinski definition) is 7. The van der Waals surface area contributed by atoms with Gasteiger partial charge in [-0.2, -0.15) is 0 Å². The van der Waals surface area contributed by atoms with E-state index >= 15 is 0 Å². The molecule has 1 aromatic carbocycles. The Hall–Kier alpha value is -3.37. The first kappa shape index (κ1) is 24.7. The number of carbonyl (C=O) groups is 3. The summed E-state index contributed by atoms with van der Waals surface area (Å²) in [5, 5.41) is 8.69. The monoisotopic (exact) mass is 480 g/mol. The van der Waals surface area contributed by atoms with Gasteiger partial charge in [0, 0.05) is 24.4 Å². The zero-order chi connectivity index (χ0) is 25.2. The Morgan fingerprint density at radius 1 is 1.17 bits per heavy atom. The predicted octanol–water partition coefficient (Wildman–Crippen LogP) is 1.55. The van der Waals surface area contributed by atoms with Gasteiger partial charge in [0.15, 0.2) is 5.82 Å². The smallest absolute Gasteiger partial charge is 0.247 e. The van der Waals surface area contributed by atoms with Crippen LogP contribution in [0.25, 0.3) is 11.4 Å². The molecule has 35 heavy (non-hydrogen) atoms. The second-order valence-electron chi connectivity index (χ2n) is 9.63. The Kier molecular flexibility index (Phi) is 7.13. The maximum absolute atomic E-state index is 13.7. The summed E-state index contributed by atoms with van der Waals surface area (Å²) in [6.07, 6.45) is 3.60. The van der Waals surface area contributed by atoms with Gasteiger partial charge in [0.25, 0.3) is 0 Å². The van der Waals surface area contributed by atoms with Gasteiger partial charge in [-0.25, -0.2) is 9.97 Å². The lowest BCUT2D eigenvalue weighted by Crippen LogP contribution is -2.57. The van der Waals surface area contributed by atoms with E-state index in [4.69, 9.17) is 4.74 Å². The molecule has 2 aromatic rings. The zero-order valence-electron chi connectivity index (χ0n) is 20.4. The van der Waals surface area contributed by atoms with Crippen molar-refractivity contribution in [3.05, 3.63) is 42.7 Å². The van der Waals surface area contributed by atoms with Crippen molar-refractivity contribution in [1.82, 2.24) is 25.5 Å². The van der Waals surface area contributed by atoms with Gasteiger partial charge in [0.05, 0.1) is 18.3 Å². The Labute approximate surface area is 204 Å². The number of hydrogen-bond donors (Lipinski definition) is 3. The standard InChI is InChI=1S/C25H32N6O4/c1-15(26-4)22(32)30-18-10-13-35-19-14-25(2,3)20(31(19)24(18)34)23(33)29-17-9-6-5-8-16(17)21-27-11-7-12-28-21/h5-9,11-12,15,18-20,26H,10,13-14H2,1-4H3,(H,29,33)(H,30,32)/t15-,18?,19?,20+/m0/s1. The number of rotatable bonds is 6. The van der Waals surface area contributed by atoms with E-state index in [0.29, 0.717) is 36.5 Å². The molecular weight excluding hydrogens is 448 g/mol. The molecule has 2 saturated heterocycles. The van der Waals surface area contributed by atoms with Gasteiger partial charge < -0.3 is 25.6 Å². The lowest BCUT2D eigenvalue weighted by Gasteiger charge is -2.33. The van der Waals surface area contributed by atoms with Crippen molar-refractivity contribution < 1.29 is 19.1 Å². The number of aromatic nitrogens is 2. The molecule has 0 radical (unpaired) electrons. The first-order valence-corrected chi connectivity index (χ1v) is 11.8. The average molecular weight is 481 g/mol. The lowest BCUT2D eigenvalue weighted by atomic mass is 9.83. The molecule has 0 bridgehead atoms. The fraction of sp³-hybridized carbons (Fsp3) is 0.480. The van der Waals surface area contributed by atoms with Gasteiger partial charge in [0.2, 0.25) is 17.7 Å². The topological polar surface area (TPSA) is 126 Å². The van der Waals surface area contributed by atoms with Gasteiger partial charge in [-0.05, 0) is 44.0 Å². The van der Waals surface area contributed by atoms with Crippen LogP contribution in [0.15, 0.2) is 42.7 Å². The molecule has 0 spiro atoms. The molecule has 0 aliphatic carbocycles. The van der Waals surface area contributed by atoms with Crippen LogP contribution in [0.3, 0.4) is 0 Å². The Morgan fingerprint density at radius 2 is 1.89 bits per heavy atom. The fourth-order valence-corrected chi connectivity index (χ4v) is 4.71. The van der Waals surface area contributed by atoms with E-state index in [1.807, 2.05) is 32.0 Å². The largest absolute Gasteiger partial charge is 0.358 e. The van der Waals surface area contributed by atoms with Crippen LogP contribution in [0.1, 0.15) is 33.6 Å². The van der Waals surface area contributed by atoms with E-state index in [1.54, 1.807) is 38.5 Å². The number of para-hydroxylation sites is 1. The predicted molar refractivity (Wildman–Crippen MR) is 130 cm³/mol. The van der Waals surface area contributed by atoms with E-state index < -0.39 is 29.8 Å². The lowest BCUT2D eigenvalue weighted by molar-refractivity contribution is -0.148. The Balaban J connectivity index is 1.61. The molecule has 0 saturated carbocycles. The fourth-order valence-electron chi connectivity index (χ4n) is 4.71. The van der Waals surface area contributed by atoms with Crippen LogP contribution in [0, 0.1) is 5.41 Å². The van der Waals surface area contributed by atoms with E-state index in [0.717, 1.165) is 0 Å². The molecule has 2 aliphatic heterocycles. The van der Waals surface area contributed by atoms with Crippen LogP contribution in [-0.2, 0) is 19.1 Å². The summed E-state index contributed by atoms with van der Waals surface area (Å²) in [5.74, 6) is -0.425. The van der Waals surface area contributed by atoms with Crippen LogP contribution in [0.4, 0.5) is 5.69 Å². The molecule has 2 aliphatic rings. The number of ether oxygens (including phenoxy) is 1. The Bertz CT molecular complexity index is 1090. The second-order valence-corrected chi connectivity index (χ2v) is 9.63. The minimum absolute atomic E-state index is 0.277. The quantitative estimate of drug-likeness (QED) is 0.573. The molecule has 2 unspecified atom stereocenters. The molecule has 3 N–H and O–H groups in total. The highest BCUT2D eigenvalue weighted by Gasteiger charge is 2.55. The van der Waals surface area contributed by atoms with Gasteiger partial charge in [0.1, 0.15) is 18.3 Å². The van der Waals surface area contributed by atoms with Crippen LogP contribution in [-0.4, -0.2) is 70.6 Å². The van der Waals surface area contributed by atoms with Crippen molar-refractivity contribution in [2.24, 2.45) is 5.41 Å². The third-order valence-electron chi connectivity index (χ3n) is 6.68. The molecule has 10 nitrogen and oxygen atoms in total. The summed E-state index contributed by atoms with van der Waals surface area (Å²) >= 11 is 0. The van der Waals surface area contributed by atoms with Gasteiger partial charge in [-0.1, -0.05) is 26.0 Å². The van der Waals surface area contributed by atoms with Crippen molar-refractivity contribution in [1.29, 1.82) is 0 Å². The molecule has 186 valence electrons. The van der Waals surface area contributed by atoms with E-state index in [-0.39, 0.29) is 17.7 Å². The van der Waals surface area contributed by atoms with Crippen molar-refractivity contribution in [2.45, 2.75) is 58.0 Å². The Morgan fingerprint density at radius 3 is 2.60 bits per heavy atom. The molecule has 4 atom stereocenters. The van der Waals surface area contributed by atoms with Gasteiger partial charge >= 0.3 is 0 Å². The molecular formula is C25H32N6O4. The van der Waals surface area contributed by atoms with Crippen molar-refractivity contribution in [3.63, 3.8) is 0 Å². The molecule has 3 heterocycles. The summed E-state index contributed by atoms with van der Waals surface area (Å²) in [5.41, 5.74) is 0.685. The maximum atomic E-state index is 13.7. The minimum atomic E-state index is -0.788. The maximum Gasteiger partial charge on any atom is 0.247 e. The summed E-state index contributed by atoms with van der Waals surface area (Å²) in [4.78, 5) is 49.9. The summed E-state index contributed by atoms with van der Waals surface area (Å²) in [6, 6.07) is 7.01. The summed E-state index contributed by atoms with van der Waals surface area (Å²) < 4.78 is 5.99. The number of nitrogens with one attached hydrogen (secondary N) is 3. The van der Waals surface area contributed by atoms with E-state index in [9.17, 15) is 14.4 Å². The number of fused-ring (bicyclic) bond motifs is 1. The zero-order valence-corrected chi connectivity index (χ0v) is 20.4. The van der Waals surface area contributed by atoms with Crippen molar-refractivity contribution in [3.8, 4) is 11.4 Å². The number of likely N-dealkylation sites (N-methyl/N-ethyl adjacent to an activating group) is 1. The molecule has 3 amide bonds. The van der Waals surface area contributed by atoms with Gasteiger partial charge in [-0.15, -0.1) is 0 Å². The van der Waals surface area contributed by atoms with Crippen LogP contribution in [0.5, 0.6) is 0 Å². The first-order valence-electron chi connectivity index (χ1n) is 11.8. The highest BCUT2D eigenvalue weighted by atomic mass is 16.5. The molecule has 10 heteroatoms. The molecule has 1 aromatic heterocycles. The number of benzene rings is 1. The number of carbonyl (C=O) groups excluding carboxylic acids is 3. The first-order chi connectivity index (χ1) is 16.7. The average Bonchev–Trinajstić information content (AvgIpc) is 3.04. The molecule has 2 fully saturated rings. The number of anilines is 1. The number of amides is 3. The minimum Gasteiger partial charge on any atom is -0.358 e. The highest BCUT2D eigenvalue weighted by molar-refractivity contribution is 6.01. The van der Waals surface area contributed by atoms with Crippen LogP contribution in [0.2, 0.25) is 0 Å². The SMILES string of the molecule is CN[C@@H](C)C(=O)NC1CCOC2CC(C)(C)[C@@H](C(=O)Nc3ccccc3-c3ncccn3)N2C1=O. The third kappa shape index (κ3) is 5.03. The van der Waals surface area contributed by atoms with E-state index in [1.165, 1.54) is 4.90 Å².